The van der Waals surface area contributed by atoms with Gasteiger partial charge in [-0.2, -0.15) is 0 Å². The van der Waals surface area contributed by atoms with Crippen molar-refractivity contribution in [3.05, 3.63) is 78.1 Å². The number of hydrogen-bond donors (Lipinski definition) is 2. The minimum Gasteiger partial charge on any atom is -0.447 e. The molecule has 3 aromatic rings. The van der Waals surface area contributed by atoms with Gasteiger partial charge in [0.25, 0.3) is 0 Å². The van der Waals surface area contributed by atoms with Crippen molar-refractivity contribution in [3.8, 4) is 0 Å². The first kappa shape index (κ1) is 25.4. The van der Waals surface area contributed by atoms with Gasteiger partial charge in [-0.15, -0.1) is 0 Å². The van der Waals surface area contributed by atoms with Gasteiger partial charge in [0.05, 0.1) is 11.1 Å². The van der Waals surface area contributed by atoms with E-state index < -0.39 is 18.0 Å². The van der Waals surface area contributed by atoms with E-state index in [1.165, 1.54) is 18.0 Å². The van der Waals surface area contributed by atoms with Crippen molar-refractivity contribution in [2.45, 2.75) is 38.8 Å². The van der Waals surface area contributed by atoms with Crippen LogP contribution in [0.4, 0.5) is 15.0 Å². The van der Waals surface area contributed by atoms with E-state index in [9.17, 15) is 14.0 Å². The van der Waals surface area contributed by atoms with E-state index in [0.29, 0.717) is 30.6 Å². The molecule has 2 amide bonds. The summed E-state index contributed by atoms with van der Waals surface area (Å²) >= 11 is 6.03. The maximum Gasteiger partial charge on any atom is 0.412 e. The Balaban J connectivity index is 1.64. The van der Waals surface area contributed by atoms with E-state index in [1.54, 1.807) is 24.4 Å². The van der Waals surface area contributed by atoms with Gasteiger partial charge in [0.15, 0.2) is 0 Å². The monoisotopic (exact) mass is 485 g/mol. The molecule has 1 heterocycles. The molecule has 1 radical (unpaired) electrons. The number of nitrogens with one attached hydrogen (secondary N) is 2. The molecule has 3 rings (SSSR count). The Morgan fingerprint density at radius 1 is 1.21 bits per heavy atom. The highest BCUT2D eigenvalue weighted by molar-refractivity contribution is 6.31. The molecule has 7 nitrogen and oxygen atoms in total. The van der Waals surface area contributed by atoms with Crippen LogP contribution in [0.1, 0.15) is 31.7 Å². The van der Waals surface area contributed by atoms with E-state index in [-0.39, 0.29) is 24.1 Å². The minimum atomic E-state index is -0.681. The Kier molecular flexibility index (Phi) is 9.18. The largest absolute Gasteiger partial charge is 0.447 e. The number of halogens is 2. The van der Waals surface area contributed by atoms with Crippen LogP contribution >= 0.6 is 11.6 Å². The minimum absolute atomic E-state index is 0.00803. The highest BCUT2D eigenvalue weighted by Gasteiger charge is 2.23. The number of hydrazine groups is 1. The second kappa shape index (κ2) is 12.3. The van der Waals surface area contributed by atoms with Crippen LogP contribution in [-0.2, 0) is 16.1 Å². The van der Waals surface area contributed by atoms with Crippen LogP contribution in [-0.4, -0.2) is 34.6 Å². The number of benzene rings is 2. The lowest BCUT2D eigenvalue weighted by Crippen LogP contribution is -2.50. The molecule has 1 aromatic heterocycles. The third kappa shape index (κ3) is 6.88. The standard InChI is InChI=1S/C25H27ClFN4O3/c1-3-4-11-21(31(17(2)32)29-15-20-10-7-12-22(27)24(20)26)16-34-25(33)30-23-13-18-8-5-6-9-19(18)14-28-23/h5-10,12-14,21,29H,1,3-4,11,15-16H2,2H3,(H,28,30,33)/t21-/m0/s1. The van der Waals surface area contributed by atoms with Crippen molar-refractivity contribution in [1.29, 1.82) is 0 Å². The quantitative estimate of drug-likeness (QED) is 0.370. The van der Waals surface area contributed by atoms with Crippen LogP contribution in [0.15, 0.2) is 54.7 Å². The summed E-state index contributed by atoms with van der Waals surface area (Å²) in [6.07, 6.45) is 2.91. The molecular weight excluding hydrogens is 459 g/mol. The molecule has 0 spiro atoms. The van der Waals surface area contributed by atoms with E-state index in [0.717, 1.165) is 10.8 Å². The number of amides is 2. The molecule has 0 fully saturated rings. The van der Waals surface area contributed by atoms with Crippen LogP contribution in [0.25, 0.3) is 10.8 Å². The van der Waals surface area contributed by atoms with Crippen LogP contribution in [0.2, 0.25) is 5.02 Å². The topological polar surface area (TPSA) is 83.6 Å². The normalized spacial score (nSPS) is 11.8. The first-order chi connectivity index (χ1) is 16.4. The molecule has 9 heteroatoms. The Bertz CT molecular complexity index is 1140. The molecule has 2 N–H and O–H groups in total. The van der Waals surface area contributed by atoms with Gasteiger partial charge < -0.3 is 4.74 Å². The third-order valence-electron chi connectivity index (χ3n) is 5.23. The van der Waals surface area contributed by atoms with E-state index in [4.69, 9.17) is 16.3 Å². The summed E-state index contributed by atoms with van der Waals surface area (Å²) in [7, 11) is 0. The maximum atomic E-state index is 13.7. The zero-order valence-corrected chi connectivity index (χ0v) is 19.6. The molecule has 2 aromatic carbocycles. The summed E-state index contributed by atoms with van der Waals surface area (Å²) in [5, 5.41) is 5.89. The summed E-state index contributed by atoms with van der Waals surface area (Å²) < 4.78 is 19.2. The fourth-order valence-corrected chi connectivity index (χ4v) is 3.68. The van der Waals surface area contributed by atoms with E-state index >= 15 is 0 Å². The van der Waals surface area contributed by atoms with Crippen molar-refractivity contribution in [2.24, 2.45) is 0 Å². The molecule has 0 saturated heterocycles. The van der Waals surface area contributed by atoms with Crippen molar-refractivity contribution in [2.75, 3.05) is 11.9 Å². The molecule has 0 aliphatic heterocycles. The summed E-state index contributed by atoms with van der Waals surface area (Å²) in [5.74, 6) is -0.451. The highest BCUT2D eigenvalue weighted by atomic mass is 35.5. The van der Waals surface area contributed by atoms with Gasteiger partial charge in [-0.25, -0.2) is 19.6 Å². The molecular formula is C25H27ClFN4O3. The maximum absolute atomic E-state index is 13.7. The number of carbonyl (C=O) groups is 2. The first-order valence-corrected chi connectivity index (χ1v) is 11.3. The number of aromatic nitrogens is 1. The number of carbonyl (C=O) groups excluding carboxylic acids is 2. The second-order valence-electron chi connectivity index (χ2n) is 7.73. The van der Waals surface area contributed by atoms with E-state index in [1.807, 2.05) is 24.3 Å². The molecule has 0 unspecified atom stereocenters. The smallest absolute Gasteiger partial charge is 0.412 e. The number of anilines is 1. The average Bonchev–Trinajstić information content (AvgIpc) is 2.82. The summed E-state index contributed by atoms with van der Waals surface area (Å²) in [4.78, 5) is 29.0. The molecule has 179 valence electrons. The van der Waals surface area contributed by atoms with Gasteiger partial charge in [-0.1, -0.05) is 67.8 Å². The number of nitrogens with zero attached hydrogens (tertiary/aromatic N) is 2. The van der Waals surface area contributed by atoms with E-state index in [2.05, 4.69) is 22.7 Å². The Morgan fingerprint density at radius 3 is 2.71 bits per heavy atom. The Labute approximate surface area is 203 Å². The SMILES string of the molecule is [CH2]CCC[C@@H](COC(=O)Nc1cc2ccccc2cn1)N(NCc1cccc(F)c1Cl)C(C)=O. The summed E-state index contributed by atoms with van der Waals surface area (Å²) in [6.45, 7) is 5.32. The predicted octanol–water partition coefficient (Wildman–Crippen LogP) is 5.50. The summed E-state index contributed by atoms with van der Waals surface area (Å²) in [6, 6.07) is 13.4. The Hall–Kier alpha value is -3.23. The van der Waals surface area contributed by atoms with Gasteiger partial charge in [-0.3, -0.25) is 15.1 Å². The molecule has 34 heavy (non-hydrogen) atoms. The lowest BCUT2D eigenvalue weighted by molar-refractivity contribution is -0.136. The van der Waals surface area contributed by atoms with Gasteiger partial charge in [0.2, 0.25) is 5.91 Å². The third-order valence-corrected chi connectivity index (χ3v) is 5.65. The number of pyridine rings is 1. The van der Waals surface area contributed by atoms with Gasteiger partial charge in [0, 0.05) is 25.1 Å². The number of unbranched alkanes of at least 4 members (excludes halogenated alkanes) is 1. The zero-order chi connectivity index (χ0) is 24.5. The van der Waals surface area contributed by atoms with Crippen LogP contribution in [0, 0.1) is 12.7 Å². The summed E-state index contributed by atoms with van der Waals surface area (Å²) in [5.41, 5.74) is 3.50. The number of rotatable bonds is 10. The first-order valence-electron chi connectivity index (χ1n) is 10.9. The average molecular weight is 486 g/mol. The Morgan fingerprint density at radius 2 is 1.97 bits per heavy atom. The van der Waals surface area contributed by atoms with Crippen LogP contribution in [0.3, 0.4) is 0 Å². The van der Waals surface area contributed by atoms with Gasteiger partial charge in [0.1, 0.15) is 18.2 Å². The molecule has 0 bridgehead atoms. The lowest BCUT2D eigenvalue weighted by Gasteiger charge is -2.31. The van der Waals surface area contributed by atoms with Crippen molar-refractivity contribution in [3.63, 3.8) is 0 Å². The zero-order valence-electron chi connectivity index (χ0n) is 18.9. The number of hydrogen-bond acceptors (Lipinski definition) is 5. The predicted molar refractivity (Wildman–Crippen MR) is 130 cm³/mol. The molecule has 0 aliphatic carbocycles. The molecule has 1 atom stereocenters. The second-order valence-corrected chi connectivity index (χ2v) is 8.10. The fraction of sp³-hybridized carbons (Fsp3) is 0.280. The van der Waals surface area contributed by atoms with Crippen molar-refractivity contribution in [1.82, 2.24) is 15.4 Å². The van der Waals surface area contributed by atoms with Crippen LogP contribution < -0.4 is 10.7 Å². The molecule has 0 aliphatic rings. The highest BCUT2D eigenvalue weighted by Crippen LogP contribution is 2.20. The van der Waals surface area contributed by atoms with Crippen molar-refractivity contribution >= 4 is 40.2 Å². The van der Waals surface area contributed by atoms with Crippen molar-refractivity contribution < 1.29 is 18.7 Å². The lowest BCUT2D eigenvalue weighted by atomic mass is 10.1. The molecule has 0 saturated carbocycles. The van der Waals surface area contributed by atoms with Gasteiger partial charge in [-0.05, 0) is 29.5 Å². The van der Waals surface area contributed by atoms with Gasteiger partial charge >= 0.3 is 6.09 Å². The number of fused-ring (bicyclic) bond motifs is 1. The fourth-order valence-electron chi connectivity index (χ4n) is 3.48. The van der Waals surface area contributed by atoms with Crippen LogP contribution in [0.5, 0.6) is 0 Å². The number of ether oxygens (including phenoxy) is 1.